The zero-order chi connectivity index (χ0) is 21.7. The van der Waals surface area contributed by atoms with Gasteiger partial charge in [0.2, 0.25) is 0 Å². The van der Waals surface area contributed by atoms with Gasteiger partial charge >= 0.3 is 0 Å². The fraction of sp³-hybridized carbons (Fsp3) is 0.357. The smallest absolute Gasteiger partial charge is 0.125 e. The van der Waals surface area contributed by atoms with Crippen molar-refractivity contribution in [3.63, 3.8) is 0 Å². The highest BCUT2D eigenvalue weighted by atomic mass is 16.5. The summed E-state index contributed by atoms with van der Waals surface area (Å²) in [6, 6.07) is 27.2. The molecule has 1 aliphatic rings. The summed E-state index contributed by atoms with van der Waals surface area (Å²) in [6.07, 6.45) is 2.41. The molecule has 1 aliphatic heterocycles. The highest BCUT2D eigenvalue weighted by molar-refractivity contribution is 5.42. The molecule has 0 saturated carbocycles. The highest BCUT2D eigenvalue weighted by Crippen LogP contribution is 2.47. The van der Waals surface area contributed by atoms with Crippen LogP contribution >= 0.6 is 0 Å². The number of benzene rings is 3. The van der Waals surface area contributed by atoms with E-state index in [1.807, 2.05) is 24.3 Å². The third kappa shape index (κ3) is 5.00. The summed E-state index contributed by atoms with van der Waals surface area (Å²) in [5.74, 6) is 0.827. The van der Waals surface area contributed by atoms with E-state index in [0.29, 0.717) is 13.0 Å². The molecular weight excluding hydrogens is 382 g/mol. The molecule has 0 bridgehead atoms. The molecule has 0 spiro atoms. The van der Waals surface area contributed by atoms with Gasteiger partial charge in [-0.05, 0) is 57.0 Å². The first kappa shape index (κ1) is 21.6. The molecule has 3 nitrogen and oxygen atoms in total. The number of aryl methyl sites for hydroxylation is 1. The van der Waals surface area contributed by atoms with E-state index in [0.717, 1.165) is 37.2 Å². The number of nitrogens with zero attached hydrogens (tertiary/aromatic N) is 1. The van der Waals surface area contributed by atoms with E-state index in [4.69, 9.17) is 4.74 Å². The van der Waals surface area contributed by atoms with E-state index >= 15 is 0 Å². The van der Waals surface area contributed by atoms with E-state index in [1.165, 1.54) is 16.7 Å². The fourth-order valence-corrected chi connectivity index (χ4v) is 4.81. The van der Waals surface area contributed by atoms with Crippen molar-refractivity contribution in [2.24, 2.45) is 0 Å². The minimum atomic E-state index is -0.948. The van der Waals surface area contributed by atoms with Crippen LogP contribution in [0.4, 0.5) is 0 Å². The second-order valence-electron chi connectivity index (χ2n) is 8.85. The normalized spacial score (nSPS) is 20.7. The Balaban J connectivity index is 1.54. The summed E-state index contributed by atoms with van der Waals surface area (Å²) in [7, 11) is 2.15. The SMILES string of the molecule is Cc1ccc([C@H]2CCOc3ccccc3[C@]2(O)CCCN(C)Cc2ccccc2)cc1. The Morgan fingerprint density at radius 3 is 2.45 bits per heavy atom. The summed E-state index contributed by atoms with van der Waals surface area (Å²) in [5.41, 5.74) is 3.71. The van der Waals surface area contributed by atoms with Crippen molar-refractivity contribution in [3.8, 4) is 5.75 Å². The molecule has 0 saturated heterocycles. The highest BCUT2D eigenvalue weighted by Gasteiger charge is 2.42. The summed E-state index contributed by atoms with van der Waals surface area (Å²) in [6.45, 7) is 4.57. The number of para-hydroxylation sites is 1. The van der Waals surface area contributed by atoms with E-state index < -0.39 is 5.60 Å². The van der Waals surface area contributed by atoms with Gasteiger partial charge in [0, 0.05) is 18.0 Å². The average molecular weight is 416 g/mol. The molecular formula is C28H33NO2. The second-order valence-corrected chi connectivity index (χ2v) is 8.85. The van der Waals surface area contributed by atoms with E-state index in [1.54, 1.807) is 0 Å². The van der Waals surface area contributed by atoms with E-state index in [-0.39, 0.29) is 5.92 Å². The molecule has 2 atom stereocenters. The van der Waals surface area contributed by atoms with E-state index in [9.17, 15) is 5.11 Å². The molecule has 0 amide bonds. The predicted molar refractivity (Wildman–Crippen MR) is 126 cm³/mol. The number of fused-ring (bicyclic) bond motifs is 1. The van der Waals surface area contributed by atoms with Crippen LogP contribution in [0, 0.1) is 6.92 Å². The quantitative estimate of drug-likeness (QED) is 0.540. The Morgan fingerprint density at radius 2 is 1.68 bits per heavy atom. The topological polar surface area (TPSA) is 32.7 Å². The Kier molecular flexibility index (Phi) is 6.74. The van der Waals surface area contributed by atoms with Crippen LogP contribution in [-0.2, 0) is 12.1 Å². The van der Waals surface area contributed by atoms with Crippen molar-refractivity contribution in [1.82, 2.24) is 4.90 Å². The molecule has 0 radical (unpaired) electrons. The van der Waals surface area contributed by atoms with Crippen molar-refractivity contribution in [3.05, 3.63) is 101 Å². The Hall–Kier alpha value is -2.62. The molecule has 31 heavy (non-hydrogen) atoms. The van der Waals surface area contributed by atoms with Gasteiger partial charge in [0.15, 0.2) is 0 Å². The molecule has 1 heterocycles. The largest absolute Gasteiger partial charge is 0.493 e. The summed E-state index contributed by atoms with van der Waals surface area (Å²) < 4.78 is 6.06. The van der Waals surface area contributed by atoms with Crippen LogP contribution in [0.2, 0.25) is 0 Å². The molecule has 0 aromatic heterocycles. The number of rotatable bonds is 7. The number of hydrogen-bond donors (Lipinski definition) is 1. The average Bonchev–Trinajstić information content (AvgIpc) is 2.92. The zero-order valence-corrected chi connectivity index (χ0v) is 18.6. The zero-order valence-electron chi connectivity index (χ0n) is 18.6. The van der Waals surface area contributed by atoms with Gasteiger partial charge in [-0.25, -0.2) is 0 Å². The third-order valence-corrected chi connectivity index (χ3v) is 6.47. The molecule has 0 unspecified atom stereocenters. The second kappa shape index (κ2) is 9.67. The maximum atomic E-state index is 12.2. The van der Waals surface area contributed by atoms with Crippen LogP contribution < -0.4 is 4.74 Å². The van der Waals surface area contributed by atoms with Crippen LogP contribution in [0.5, 0.6) is 5.75 Å². The molecule has 3 aromatic carbocycles. The lowest BCUT2D eigenvalue weighted by Gasteiger charge is -2.36. The lowest BCUT2D eigenvalue weighted by atomic mass is 9.73. The van der Waals surface area contributed by atoms with Crippen molar-refractivity contribution in [2.75, 3.05) is 20.2 Å². The lowest BCUT2D eigenvalue weighted by Crippen LogP contribution is -2.34. The van der Waals surface area contributed by atoms with Gasteiger partial charge in [0.25, 0.3) is 0 Å². The molecule has 0 fully saturated rings. The van der Waals surface area contributed by atoms with Crippen molar-refractivity contribution >= 4 is 0 Å². The van der Waals surface area contributed by atoms with Crippen LogP contribution in [0.15, 0.2) is 78.9 Å². The maximum absolute atomic E-state index is 12.2. The molecule has 4 rings (SSSR count). The molecule has 162 valence electrons. The number of hydrogen-bond acceptors (Lipinski definition) is 3. The lowest BCUT2D eigenvalue weighted by molar-refractivity contribution is -0.00543. The molecule has 1 N–H and O–H groups in total. The standard InChI is InChI=1S/C28H33NO2/c1-22-13-15-24(16-14-22)25-17-20-31-27-12-7-6-11-26(27)28(25,30)18-8-19-29(2)21-23-9-4-3-5-10-23/h3-7,9-16,25,30H,8,17-21H2,1-2H3/t25-,28+/m1/s1. The first-order valence-corrected chi connectivity index (χ1v) is 11.3. The van der Waals surface area contributed by atoms with Crippen LogP contribution in [0.25, 0.3) is 0 Å². The fourth-order valence-electron chi connectivity index (χ4n) is 4.81. The van der Waals surface area contributed by atoms with Gasteiger partial charge < -0.3 is 14.7 Å². The monoisotopic (exact) mass is 415 g/mol. The van der Waals surface area contributed by atoms with Gasteiger partial charge in [0.05, 0.1) is 6.61 Å². The Labute approximate surface area is 186 Å². The van der Waals surface area contributed by atoms with Crippen LogP contribution in [0.1, 0.15) is 47.4 Å². The Bertz CT molecular complexity index is 970. The van der Waals surface area contributed by atoms with Gasteiger partial charge in [0.1, 0.15) is 11.4 Å². The predicted octanol–water partition coefficient (Wildman–Crippen LogP) is 5.66. The first-order valence-electron chi connectivity index (χ1n) is 11.3. The van der Waals surface area contributed by atoms with Crippen LogP contribution in [-0.4, -0.2) is 30.2 Å². The summed E-state index contributed by atoms with van der Waals surface area (Å²) in [4.78, 5) is 2.33. The minimum absolute atomic E-state index is 0.0104. The maximum Gasteiger partial charge on any atom is 0.125 e. The first-order chi connectivity index (χ1) is 15.1. The molecule has 3 heteroatoms. The summed E-state index contributed by atoms with van der Waals surface area (Å²) >= 11 is 0. The Morgan fingerprint density at radius 1 is 0.968 bits per heavy atom. The van der Waals surface area contributed by atoms with Crippen molar-refractivity contribution in [1.29, 1.82) is 0 Å². The minimum Gasteiger partial charge on any atom is -0.493 e. The van der Waals surface area contributed by atoms with Gasteiger partial charge in [-0.2, -0.15) is 0 Å². The molecule has 3 aromatic rings. The third-order valence-electron chi connectivity index (χ3n) is 6.47. The van der Waals surface area contributed by atoms with Gasteiger partial charge in [-0.3, -0.25) is 0 Å². The van der Waals surface area contributed by atoms with Gasteiger partial charge in [-0.1, -0.05) is 78.4 Å². The van der Waals surface area contributed by atoms with Gasteiger partial charge in [-0.15, -0.1) is 0 Å². The van der Waals surface area contributed by atoms with Crippen molar-refractivity contribution < 1.29 is 9.84 Å². The molecule has 0 aliphatic carbocycles. The number of aliphatic hydroxyl groups is 1. The van der Waals surface area contributed by atoms with Crippen molar-refractivity contribution in [2.45, 2.75) is 44.2 Å². The van der Waals surface area contributed by atoms with E-state index in [2.05, 4.69) is 73.5 Å². The number of ether oxygens (including phenoxy) is 1. The van der Waals surface area contributed by atoms with Crippen LogP contribution in [0.3, 0.4) is 0 Å². The summed E-state index contributed by atoms with van der Waals surface area (Å²) in [5, 5.41) is 12.2.